The number of rotatable bonds is 5. The largest absolute Gasteiger partial charge is 0.493 e. The van der Waals surface area contributed by atoms with E-state index in [-0.39, 0.29) is 5.91 Å². The Labute approximate surface area is 158 Å². The molecule has 2 heterocycles. The number of aromatic nitrogens is 1. The summed E-state index contributed by atoms with van der Waals surface area (Å²) in [5.41, 5.74) is 3.85. The Hall–Kier alpha value is -3.02. The van der Waals surface area contributed by atoms with Crippen molar-refractivity contribution in [3.8, 4) is 5.75 Å². The number of hydrogen-bond donors (Lipinski definition) is 1. The molecule has 0 atom stereocenters. The van der Waals surface area contributed by atoms with Gasteiger partial charge in [0, 0.05) is 24.3 Å². The predicted molar refractivity (Wildman–Crippen MR) is 106 cm³/mol. The van der Waals surface area contributed by atoms with Gasteiger partial charge in [0.1, 0.15) is 11.3 Å². The molecule has 1 aliphatic rings. The van der Waals surface area contributed by atoms with Crippen LogP contribution in [0.2, 0.25) is 0 Å². The molecule has 3 aromatic rings. The summed E-state index contributed by atoms with van der Waals surface area (Å²) in [5, 5.41) is 2.95. The number of nitrogens with zero attached hydrogens (tertiary/aromatic N) is 2. The second-order valence-corrected chi connectivity index (χ2v) is 6.58. The van der Waals surface area contributed by atoms with Crippen molar-refractivity contribution in [2.45, 2.75) is 26.7 Å². The van der Waals surface area contributed by atoms with Gasteiger partial charge in [-0.3, -0.25) is 4.79 Å². The minimum Gasteiger partial charge on any atom is -0.493 e. The fourth-order valence-electron chi connectivity index (χ4n) is 3.33. The maximum atomic E-state index is 12.6. The summed E-state index contributed by atoms with van der Waals surface area (Å²) in [5.74, 6) is 0.737. The average molecular weight is 365 g/mol. The number of carbonyl (C=O) groups is 1. The monoisotopic (exact) mass is 365 g/mol. The number of amides is 1. The van der Waals surface area contributed by atoms with E-state index in [1.165, 1.54) is 0 Å². The van der Waals surface area contributed by atoms with E-state index in [2.05, 4.69) is 24.1 Å². The van der Waals surface area contributed by atoms with Crippen molar-refractivity contribution >= 4 is 28.7 Å². The highest BCUT2D eigenvalue weighted by molar-refractivity contribution is 6.05. The summed E-state index contributed by atoms with van der Waals surface area (Å²) in [4.78, 5) is 19.2. The lowest BCUT2D eigenvalue weighted by Gasteiger charge is -2.17. The zero-order chi connectivity index (χ0) is 18.8. The minimum absolute atomic E-state index is 0.143. The maximum Gasteiger partial charge on any atom is 0.298 e. The second-order valence-electron chi connectivity index (χ2n) is 6.58. The number of aryl methyl sites for hydroxylation is 1. The Morgan fingerprint density at radius 1 is 1.19 bits per heavy atom. The van der Waals surface area contributed by atoms with E-state index >= 15 is 0 Å². The summed E-state index contributed by atoms with van der Waals surface area (Å²) in [6.45, 7) is 6.52. The molecule has 1 N–H and O–H groups in total. The van der Waals surface area contributed by atoms with Crippen LogP contribution in [0, 0.1) is 0 Å². The molecule has 6 nitrogen and oxygen atoms in total. The molecule has 0 unspecified atom stereocenters. The van der Waals surface area contributed by atoms with E-state index in [4.69, 9.17) is 9.15 Å². The van der Waals surface area contributed by atoms with Crippen LogP contribution in [0.1, 0.15) is 36.2 Å². The van der Waals surface area contributed by atoms with E-state index < -0.39 is 0 Å². The topological polar surface area (TPSA) is 67.6 Å². The molecule has 0 saturated carbocycles. The third kappa shape index (κ3) is 3.47. The van der Waals surface area contributed by atoms with Crippen molar-refractivity contribution in [1.29, 1.82) is 0 Å². The molecular formula is C21H23N3O3. The predicted octanol–water partition coefficient (Wildman–Crippen LogP) is 4.25. The van der Waals surface area contributed by atoms with Crippen molar-refractivity contribution in [1.82, 2.24) is 4.98 Å². The summed E-state index contributed by atoms with van der Waals surface area (Å²) in [6, 6.07) is 11.7. The van der Waals surface area contributed by atoms with Gasteiger partial charge in [-0.1, -0.05) is 0 Å². The minimum atomic E-state index is -0.143. The molecule has 27 heavy (non-hydrogen) atoms. The Morgan fingerprint density at radius 3 is 2.85 bits per heavy atom. The Balaban J connectivity index is 1.55. The quantitative estimate of drug-likeness (QED) is 0.732. The molecule has 0 spiro atoms. The van der Waals surface area contributed by atoms with Gasteiger partial charge in [0.25, 0.3) is 11.9 Å². The molecule has 4 rings (SSSR count). The standard InChI is InChI=1S/C21H23N3O3/c1-3-24(4-2)21-23-17-13-16(8-10-19(17)27-21)22-20(25)15-7-9-18-14(12-15)6-5-11-26-18/h7-10,12-13H,3-6,11H2,1-2H3,(H,22,25). The highest BCUT2D eigenvalue weighted by Crippen LogP contribution is 2.27. The Bertz CT molecular complexity index is 976. The number of fused-ring (bicyclic) bond motifs is 2. The molecular weight excluding hydrogens is 342 g/mol. The number of anilines is 2. The summed E-state index contributed by atoms with van der Waals surface area (Å²) < 4.78 is 11.4. The van der Waals surface area contributed by atoms with Crippen molar-refractivity contribution in [3.05, 3.63) is 47.5 Å². The average Bonchev–Trinajstić information content (AvgIpc) is 3.11. The Morgan fingerprint density at radius 2 is 2.04 bits per heavy atom. The van der Waals surface area contributed by atoms with Crippen LogP contribution >= 0.6 is 0 Å². The summed E-state index contributed by atoms with van der Waals surface area (Å²) >= 11 is 0. The number of carbonyl (C=O) groups excluding carboxylic acids is 1. The van der Waals surface area contributed by atoms with Crippen molar-refractivity contribution in [3.63, 3.8) is 0 Å². The van der Waals surface area contributed by atoms with Gasteiger partial charge in [-0.05, 0) is 68.7 Å². The molecule has 140 valence electrons. The normalized spacial score (nSPS) is 13.1. The lowest BCUT2D eigenvalue weighted by molar-refractivity contribution is 0.102. The fraction of sp³-hybridized carbons (Fsp3) is 0.333. The molecule has 0 fully saturated rings. The third-order valence-electron chi connectivity index (χ3n) is 4.84. The summed E-state index contributed by atoms with van der Waals surface area (Å²) in [6.07, 6.45) is 1.92. The smallest absolute Gasteiger partial charge is 0.298 e. The van der Waals surface area contributed by atoms with Crippen LogP contribution in [-0.4, -0.2) is 30.6 Å². The molecule has 1 amide bonds. The van der Waals surface area contributed by atoms with Crippen molar-refractivity contribution in [2.24, 2.45) is 0 Å². The van der Waals surface area contributed by atoms with Crippen LogP contribution in [0.25, 0.3) is 11.1 Å². The number of oxazole rings is 1. The van der Waals surface area contributed by atoms with Crippen molar-refractivity contribution in [2.75, 3.05) is 29.9 Å². The van der Waals surface area contributed by atoms with E-state index in [0.717, 1.165) is 49.4 Å². The van der Waals surface area contributed by atoms with E-state index in [9.17, 15) is 4.79 Å². The van der Waals surface area contributed by atoms with Gasteiger partial charge in [0.05, 0.1) is 6.61 Å². The van der Waals surface area contributed by atoms with Gasteiger partial charge < -0.3 is 19.4 Å². The third-order valence-corrected chi connectivity index (χ3v) is 4.84. The van der Waals surface area contributed by atoms with Crippen LogP contribution in [0.4, 0.5) is 11.7 Å². The molecule has 6 heteroatoms. The molecule has 0 bridgehead atoms. The van der Waals surface area contributed by atoms with E-state index in [0.29, 0.717) is 22.8 Å². The first kappa shape index (κ1) is 17.4. The molecule has 1 aromatic heterocycles. The fourth-order valence-corrected chi connectivity index (χ4v) is 3.33. The number of benzene rings is 2. The molecule has 1 aliphatic heterocycles. The number of hydrogen-bond acceptors (Lipinski definition) is 5. The first-order chi connectivity index (χ1) is 13.2. The van der Waals surface area contributed by atoms with Gasteiger partial charge >= 0.3 is 0 Å². The molecule has 0 saturated heterocycles. The SMILES string of the molecule is CCN(CC)c1nc2cc(NC(=O)c3ccc4c(c3)CCCO4)ccc2o1. The number of ether oxygens (including phenoxy) is 1. The molecule has 0 aliphatic carbocycles. The maximum absolute atomic E-state index is 12.6. The van der Waals surface area contributed by atoms with Crippen molar-refractivity contribution < 1.29 is 13.9 Å². The molecule has 0 radical (unpaired) electrons. The lowest BCUT2D eigenvalue weighted by atomic mass is 10.0. The van der Waals surface area contributed by atoms with Gasteiger partial charge in [-0.15, -0.1) is 0 Å². The second kappa shape index (κ2) is 7.31. The van der Waals surface area contributed by atoms with Gasteiger partial charge in [0.2, 0.25) is 0 Å². The van der Waals surface area contributed by atoms with Crippen LogP contribution in [-0.2, 0) is 6.42 Å². The van der Waals surface area contributed by atoms with Crippen LogP contribution in [0.5, 0.6) is 5.75 Å². The van der Waals surface area contributed by atoms with Crippen LogP contribution < -0.4 is 15.0 Å². The Kier molecular flexibility index (Phi) is 4.71. The van der Waals surface area contributed by atoms with E-state index in [1.54, 1.807) is 6.07 Å². The first-order valence-electron chi connectivity index (χ1n) is 9.40. The molecule has 2 aromatic carbocycles. The van der Waals surface area contributed by atoms with E-state index in [1.807, 2.05) is 35.2 Å². The summed E-state index contributed by atoms with van der Waals surface area (Å²) in [7, 11) is 0. The highest BCUT2D eigenvalue weighted by Gasteiger charge is 2.15. The van der Waals surface area contributed by atoms with Crippen LogP contribution in [0.15, 0.2) is 40.8 Å². The first-order valence-corrected chi connectivity index (χ1v) is 9.40. The van der Waals surface area contributed by atoms with Crippen LogP contribution in [0.3, 0.4) is 0 Å². The number of nitrogens with one attached hydrogen (secondary N) is 1. The lowest BCUT2D eigenvalue weighted by Crippen LogP contribution is -2.21. The highest BCUT2D eigenvalue weighted by atomic mass is 16.5. The zero-order valence-electron chi connectivity index (χ0n) is 15.6. The zero-order valence-corrected chi connectivity index (χ0v) is 15.6. The van der Waals surface area contributed by atoms with Gasteiger partial charge in [-0.25, -0.2) is 0 Å². The van der Waals surface area contributed by atoms with Gasteiger partial charge in [-0.2, -0.15) is 4.98 Å². The van der Waals surface area contributed by atoms with Gasteiger partial charge in [0.15, 0.2) is 5.58 Å².